The van der Waals surface area contributed by atoms with Crippen molar-refractivity contribution in [1.29, 1.82) is 0 Å². The second kappa shape index (κ2) is 8.37. The normalized spacial score (nSPS) is 24.5. The van der Waals surface area contributed by atoms with Crippen molar-refractivity contribution in [2.45, 2.75) is 69.9 Å². The summed E-state index contributed by atoms with van der Waals surface area (Å²) in [4.78, 5) is 25.9. The van der Waals surface area contributed by atoms with Gasteiger partial charge in [0.15, 0.2) is 0 Å². The fourth-order valence-corrected chi connectivity index (χ4v) is 3.45. The Morgan fingerprint density at radius 3 is 2.52 bits per heavy atom. The van der Waals surface area contributed by atoms with Crippen molar-refractivity contribution < 1.29 is 14.3 Å². The molecule has 1 saturated heterocycles. The number of esters is 1. The number of piperidine rings is 1. The van der Waals surface area contributed by atoms with Gasteiger partial charge in [0.05, 0.1) is 7.11 Å². The van der Waals surface area contributed by atoms with Crippen molar-refractivity contribution in [2.75, 3.05) is 20.2 Å². The Hall–Kier alpha value is -1.10. The second-order valence-corrected chi connectivity index (χ2v) is 6.22. The van der Waals surface area contributed by atoms with Crippen LogP contribution in [0.15, 0.2) is 0 Å². The maximum absolute atomic E-state index is 12.0. The predicted octanol–water partition coefficient (Wildman–Crippen LogP) is 1.85. The number of carbonyl (C=O) groups is 2. The van der Waals surface area contributed by atoms with Crippen molar-refractivity contribution in [3.8, 4) is 0 Å². The van der Waals surface area contributed by atoms with Crippen molar-refractivity contribution in [3.05, 3.63) is 0 Å². The average molecular weight is 296 g/mol. The lowest BCUT2D eigenvalue weighted by Gasteiger charge is -2.33. The lowest BCUT2D eigenvalue weighted by atomic mass is 9.95. The summed E-state index contributed by atoms with van der Waals surface area (Å²) < 4.78 is 4.87. The van der Waals surface area contributed by atoms with E-state index < -0.39 is 0 Å². The Kier molecular flexibility index (Phi) is 6.49. The molecule has 1 atom stereocenters. The number of likely N-dealkylation sites (tertiary alicyclic amines) is 1. The Morgan fingerprint density at radius 1 is 1.10 bits per heavy atom. The van der Waals surface area contributed by atoms with Crippen LogP contribution in [0.4, 0.5) is 0 Å². The molecule has 1 aliphatic heterocycles. The molecule has 1 N–H and O–H groups in total. The lowest BCUT2D eigenvalue weighted by molar-refractivity contribution is -0.148. The van der Waals surface area contributed by atoms with Gasteiger partial charge in [-0.25, -0.2) is 0 Å². The minimum atomic E-state index is -0.164. The molecule has 1 heterocycles. The SMILES string of the molecule is COC(=O)C1CCCCN1CCC(=O)NC1CCCCC1. The first kappa shape index (κ1) is 16.3. The average Bonchev–Trinajstić information content (AvgIpc) is 2.53. The van der Waals surface area contributed by atoms with Gasteiger partial charge in [-0.1, -0.05) is 25.7 Å². The van der Waals surface area contributed by atoms with E-state index in [0.29, 0.717) is 19.0 Å². The quantitative estimate of drug-likeness (QED) is 0.787. The highest BCUT2D eigenvalue weighted by Gasteiger charge is 2.29. The van der Waals surface area contributed by atoms with Gasteiger partial charge in [0.1, 0.15) is 6.04 Å². The summed E-state index contributed by atoms with van der Waals surface area (Å²) in [6.45, 7) is 1.54. The van der Waals surface area contributed by atoms with E-state index in [4.69, 9.17) is 4.74 Å². The summed E-state index contributed by atoms with van der Waals surface area (Å²) >= 11 is 0. The summed E-state index contributed by atoms with van der Waals surface area (Å²) in [5.74, 6) is -0.0431. The molecular weight excluding hydrogens is 268 g/mol. The molecule has 2 rings (SSSR count). The zero-order valence-electron chi connectivity index (χ0n) is 13.1. The van der Waals surface area contributed by atoms with Crippen LogP contribution in [0.5, 0.6) is 0 Å². The molecule has 1 amide bonds. The van der Waals surface area contributed by atoms with Crippen LogP contribution in [0, 0.1) is 0 Å². The topological polar surface area (TPSA) is 58.6 Å². The van der Waals surface area contributed by atoms with E-state index in [0.717, 1.165) is 38.6 Å². The van der Waals surface area contributed by atoms with Gasteiger partial charge in [0.25, 0.3) is 0 Å². The maximum atomic E-state index is 12.0. The van der Waals surface area contributed by atoms with Gasteiger partial charge in [-0.2, -0.15) is 0 Å². The molecule has 0 aromatic carbocycles. The molecule has 5 nitrogen and oxygen atoms in total. The number of methoxy groups -OCH3 is 1. The van der Waals surface area contributed by atoms with E-state index in [-0.39, 0.29) is 17.9 Å². The van der Waals surface area contributed by atoms with Crippen LogP contribution in [-0.4, -0.2) is 49.1 Å². The summed E-state index contributed by atoms with van der Waals surface area (Å²) in [5.41, 5.74) is 0. The number of nitrogens with zero attached hydrogens (tertiary/aromatic N) is 1. The molecule has 1 saturated carbocycles. The van der Waals surface area contributed by atoms with Crippen LogP contribution in [0.3, 0.4) is 0 Å². The number of nitrogens with one attached hydrogen (secondary N) is 1. The highest BCUT2D eigenvalue weighted by molar-refractivity contribution is 5.77. The van der Waals surface area contributed by atoms with Crippen molar-refractivity contribution in [1.82, 2.24) is 10.2 Å². The van der Waals surface area contributed by atoms with Crippen LogP contribution < -0.4 is 5.32 Å². The van der Waals surface area contributed by atoms with Gasteiger partial charge >= 0.3 is 5.97 Å². The molecule has 0 radical (unpaired) electrons. The molecule has 2 fully saturated rings. The lowest BCUT2D eigenvalue weighted by Crippen LogP contribution is -2.47. The van der Waals surface area contributed by atoms with E-state index in [9.17, 15) is 9.59 Å². The summed E-state index contributed by atoms with van der Waals surface area (Å²) in [6.07, 6.45) is 9.44. The van der Waals surface area contributed by atoms with Gasteiger partial charge < -0.3 is 10.1 Å². The first-order valence-corrected chi connectivity index (χ1v) is 8.32. The van der Waals surface area contributed by atoms with E-state index in [2.05, 4.69) is 10.2 Å². The van der Waals surface area contributed by atoms with Crippen LogP contribution in [-0.2, 0) is 14.3 Å². The number of hydrogen-bond donors (Lipinski definition) is 1. The summed E-state index contributed by atoms with van der Waals surface area (Å²) in [7, 11) is 1.44. The minimum Gasteiger partial charge on any atom is -0.468 e. The van der Waals surface area contributed by atoms with Crippen molar-refractivity contribution in [2.24, 2.45) is 0 Å². The van der Waals surface area contributed by atoms with E-state index in [1.165, 1.54) is 26.4 Å². The monoisotopic (exact) mass is 296 g/mol. The fraction of sp³-hybridized carbons (Fsp3) is 0.875. The van der Waals surface area contributed by atoms with Gasteiger partial charge in [0, 0.05) is 19.0 Å². The Balaban J connectivity index is 1.74. The molecule has 1 aliphatic carbocycles. The summed E-state index contributed by atoms with van der Waals surface area (Å²) in [6, 6.07) is 0.204. The van der Waals surface area contributed by atoms with Crippen molar-refractivity contribution in [3.63, 3.8) is 0 Å². The van der Waals surface area contributed by atoms with Crippen LogP contribution >= 0.6 is 0 Å². The van der Waals surface area contributed by atoms with E-state index in [1.807, 2.05) is 0 Å². The summed E-state index contributed by atoms with van der Waals surface area (Å²) in [5, 5.41) is 3.13. The van der Waals surface area contributed by atoms with Gasteiger partial charge in [-0.05, 0) is 32.2 Å². The standard InChI is InChI=1S/C16H28N2O3/c1-21-16(20)14-9-5-6-11-18(14)12-10-15(19)17-13-7-3-2-4-8-13/h13-14H,2-12H2,1H3,(H,17,19). The molecule has 21 heavy (non-hydrogen) atoms. The first-order valence-electron chi connectivity index (χ1n) is 8.32. The first-order chi connectivity index (χ1) is 10.2. The third-order valence-electron chi connectivity index (χ3n) is 4.68. The Morgan fingerprint density at radius 2 is 1.81 bits per heavy atom. The van der Waals surface area contributed by atoms with E-state index in [1.54, 1.807) is 0 Å². The molecule has 0 spiro atoms. The number of carbonyl (C=O) groups excluding carboxylic acids is 2. The molecule has 5 heteroatoms. The zero-order valence-corrected chi connectivity index (χ0v) is 13.1. The van der Waals surface area contributed by atoms with E-state index >= 15 is 0 Å². The molecule has 1 unspecified atom stereocenters. The molecular formula is C16H28N2O3. The Labute approximate surface area is 127 Å². The highest BCUT2D eigenvalue weighted by Crippen LogP contribution is 2.19. The third-order valence-corrected chi connectivity index (χ3v) is 4.68. The highest BCUT2D eigenvalue weighted by atomic mass is 16.5. The zero-order chi connectivity index (χ0) is 15.1. The number of ether oxygens (including phenoxy) is 1. The maximum Gasteiger partial charge on any atom is 0.323 e. The number of amides is 1. The van der Waals surface area contributed by atoms with Crippen molar-refractivity contribution >= 4 is 11.9 Å². The van der Waals surface area contributed by atoms with Gasteiger partial charge in [-0.3, -0.25) is 14.5 Å². The second-order valence-electron chi connectivity index (χ2n) is 6.22. The van der Waals surface area contributed by atoms with Crippen LogP contribution in [0.2, 0.25) is 0 Å². The molecule has 120 valence electrons. The smallest absolute Gasteiger partial charge is 0.323 e. The predicted molar refractivity (Wildman–Crippen MR) is 80.9 cm³/mol. The largest absolute Gasteiger partial charge is 0.468 e. The molecule has 2 aliphatic rings. The number of rotatable bonds is 5. The minimum absolute atomic E-state index is 0.121. The molecule has 0 bridgehead atoms. The van der Waals surface area contributed by atoms with Crippen LogP contribution in [0.1, 0.15) is 57.8 Å². The van der Waals surface area contributed by atoms with Gasteiger partial charge in [0.2, 0.25) is 5.91 Å². The molecule has 0 aromatic rings. The Bertz CT molecular complexity index is 353. The van der Waals surface area contributed by atoms with Gasteiger partial charge in [-0.15, -0.1) is 0 Å². The molecule has 0 aromatic heterocycles. The third kappa shape index (κ3) is 4.99. The fourth-order valence-electron chi connectivity index (χ4n) is 3.45. The van der Waals surface area contributed by atoms with Crippen LogP contribution in [0.25, 0.3) is 0 Å². The number of hydrogen-bond acceptors (Lipinski definition) is 4.